The summed E-state index contributed by atoms with van der Waals surface area (Å²) in [7, 11) is 0. The Hall–Kier alpha value is -0.870. The van der Waals surface area contributed by atoms with Crippen LogP contribution in [0.4, 0.5) is 0 Å². The van der Waals surface area contributed by atoms with Gasteiger partial charge in [0.05, 0.1) is 0 Å². The first kappa shape index (κ1) is 13.6. The highest BCUT2D eigenvalue weighted by molar-refractivity contribution is 7.10. The van der Waals surface area contributed by atoms with Crippen molar-refractivity contribution < 1.29 is 9.90 Å². The summed E-state index contributed by atoms with van der Waals surface area (Å²) in [6.45, 7) is 3.34. The average Bonchev–Trinajstić information content (AvgIpc) is 2.89. The second-order valence-corrected chi connectivity index (χ2v) is 5.99. The number of likely N-dealkylation sites (tertiary alicyclic amines) is 1. The molecule has 3 nitrogen and oxygen atoms in total. The van der Waals surface area contributed by atoms with Crippen LogP contribution in [0.15, 0.2) is 17.5 Å². The van der Waals surface area contributed by atoms with E-state index in [-0.39, 0.29) is 0 Å². The van der Waals surface area contributed by atoms with Gasteiger partial charge < -0.3 is 5.11 Å². The van der Waals surface area contributed by atoms with Gasteiger partial charge in [-0.2, -0.15) is 0 Å². The van der Waals surface area contributed by atoms with Crippen LogP contribution in [0.25, 0.3) is 0 Å². The zero-order valence-electron chi connectivity index (χ0n) is 10.8. The second-order valence-electron chi connectivity index (χ2n) is 5.01. The monoisotopic (exact) mass is 267 g/mol. The van der Waals surface area contributed by atoms with Crippen molar-refractivity contribution in [3.8, 4) is 0 Å². The molecule has 1 aromatic heterocycles. The van der Waals surface area contributed by atoms with Gasteiger partial charge in [0, 0.05) is 23.4 Å². The van der Waals surface area contributed by atoms with Crippen LogP contribution in [0.2, 0.25) is 0 Å². The quantitative estimate of drug-likeness (QED) is 0.887. The van der Waals surface area contributed by atoms with Crippen molar-refractivity contribution in [2.24, 2.45) is 0 Å². The standard InChI is InChI=1S/C14H21NO2S/c1-11(13-6-4-10-18-13)15-9-3-2-5-12(15)7-8-14(16)17/h4,6,10-12H,2-3,5,7-9H2,1H3,(H,16,17). The molecule has 4 heteroatoms. The number of carboxylic acid groups (broad SMARTS) is 1. The van der Waals surface area contributed by atoms with Gasteiger partial charge in [-0.3, -0.25) is 9.69 Å². The fourth-order valence-corrected chi connectivity index (χ4v) is 3.63. The van der Waals surface area contributed by atoms with E-state index < -0.39 is 5.97 Å². The summed E-state index contributed by atoms with van der Waals surface area (Å²) in [5.74, 6) is -0.677. The molecule has 100 valence electrons. The van der Waals surface area contributed by atoms with Crippen molar-refractivity contribution in [2.45, 2.75) is 51.1 Å². The average molecular weight is 267 g/mol. The Morgan fingerprint density at radius 2 is 2.44 bits per heavy atom. The van der Waals surface area contributed by atoms with Gasteiger partial charge in [-0.15, -0.1) is 11.3 Å². The zero-order chi connectivity index (χ0) is 13.0. The van der Waals surface area contributed by atoms with Crippen molar-refractivity contribution in [1.82, 2.24) is 4.90 Å². The van der Waals surface area contributed by atoms with Gasteiger partial charge in [0.1, 0.15) is 0 Å². The van der Waals surface area contributed by atoms with Crippen molar-refractivity contribution in [3.63, 3.8) is 0 Å². The molecule has 1 saturated heterocycles. The Morgan fingerprint density at radius 3 is 3.11 bits per heavy atom. The number of aliphatic carboxylic acids is 1. The number of hydrogen-bond acceptors (Lipinski definition) is 3. The Morgan fingerprint density at radius 1 is 1.61 bits per heavy atom. The minimum Gasteiger partial charge on any atom is -0.481 e. The summed E-state index contributed by atoms with van der Waals surface area (Å²) in [6.07, 6.45) is 4.68. The highest BCUT2D eigenvalue weighted by Gasteiger charge is 2.27. The number of nitrogens with zero attached hydrogens (tertiary/aromatic N) is 1. The summed E-state index contributed by atoms with van der Waals surface area (Å²) in [4.78, 5) is 14.6. The molecule has 0 spiro atoms. The Balaban J connectivity index is 2.00. The molecule has 1 aliphatic rings. The summed E-state index contributed by atoms with van der Waals surface area (Å²) in [5.41, 5.74) is 0. The zero-order valence-corrected chi connectivity index (χ0v) is 11.7. The molecule has 2 atom stereocenters. The van der Waals surface area contributed by atoms with E-state index in [1.807, 2.05) is 0 Å². The Labute approximate surface area is 112 Å². The van der Waals surface area contributed by atoms with Crippen LogP contribution in [0, 0.1) is 0 Å². The molecule has 0 bridgehead atoms. The SMILES string of the molecule is CC(c1cccs1)N1CCCCC1CCC(=O)O. The first-order valence-electron chi connectivity index (χ1n) is 6.69. The van der Waals surface area contributed by atoms with Crippen molar-refractivity contribution >= 4 is 17.3 Å². The third-order valence-electron chi connectivity index (χ3n) is 3.82. The third kappa shape index (κ3) is 3.33. The summed E-state index contributed by atoms with van der Waals surface area (Å²) < 4.78 is 0. The Kier molecular flexibility index (Phi) is 4.78. The smallest absolute Gasteiger partial charge is 0.303 e. The first-order chi connectivity index (χ1) is 8.68. The lowest BCUT2D eigenvalue weighted by atomic mass is 9.96. The molecular weight excluding hydrogens is 246 g/mol. The number of carboxylic acids is 1. The van der Waals surface area contributed by atoms with Crippen LogP contribution in [0.3, 0.4) is 0 Å². The molecule has 1 aliphatic heterocycles. The number of piperidine rings is 1. The maximum Gasteiger partial charge on any atom is 0.303 e. The maximum atomic E-state index is 10.7. The van der Waals surface area contributed by atoms with Gasteiger partial charge in [-0.25, -0.2) is 0 Å². The molecule has 2 heterocycles. The van der Waals surface area contributed by atoms with Gasteiger partial charge in [0.15, 0.2) is 0 Å². The number of rotatable bonds is 5. The summed E-state index contributed by atoms with van der Waals surface area (Å²) in [6, 6.07) is 5.13. The van der Waals surface area contributed by atoms with Gasteiger partial charge in [-0.1, -0.05) is 12.5 Å². The van der Waals surface area contributed by atoms with E-state index in [2.05, 4.69) is 29.3 Å². The van der Waals surface area contributed by atoms with Gasteiger partial charge in [0.2, 0.25) is 0 Å². The second kappa shape index (κ2) is 6.34. The molecular formula is C14H21NO2S. The van der Waals surface area contributed by atoms with Crippen molar-refractivity contribution in [1.29, 1.82) is 0 Å². The lowest BCUT2D eigenvalue weighted by Crippen LogP contribution is -2.41. The van der Waals surface area contributed by atoms with Crippen LogP contribution >= 0.6 is 11.3 Å². The molecule has 0 amide bonds. The summed E-state index contributed by atoms with van der Waals surface area (Å²) in [5, 5.41) is 10.9. The van der Waals surface area contributed by atoms with Gasteiger partial charge in [-0.05, 0) is 44.2 Å². The van der Waals surface area contributed by atoms with E-state index in [9.17, 15) is 4.79 Å². The van der Waals surface area contributed by atoms with Crippen LogP contribution in [-0.2, 0) is 4.79 Å². The van der Waals surface area contributed by atoms with E-state index in [0.717, 1.165) is 19.4 Å². The number of carbonyl (C=O) groups is 1. The molecule has 1 fully saturated rings. The van der Waals surface area contributed by atoms with E-state index in [1.165, 1.54) is 17.7 Å². The molecule has 0 aromatic carbocycles. The van der Waals surface area contributed by atoms with E-state index >= 15 is 0 Å². The van der Waals surface area contributed by atoms with E-state index in [4.69, 9.17) is 5.11 Å². The fourth-order valence-electron chi connectivity index (χ4n) is 2.83. The molecule has 2 unspecified atom stereocenters. The molecule has 0 aliphatic carbocycles. The molecule has 2 rings (SSSR count). The normalized spacial score (nSPS) is 22.8. The molecule has 1 N–H and O–H groups in total. The Bertz CT molecular complexity index is 377. The maximum absolute atomic E-state index is 10.7. The van der Waals surface area contributed by atoms with Crippen molar-refractivity contribution in [3.05, 3.63) is 22.4 Å². The van der Waals surface area contributed by atoms with Crippen LogP contribution in [-0.4, -0.2) is 28.6 Å². The van der Waals surface area contributed by atoms with Crippen LogP contribution in [0.5, 0.6) is 0 Å². The number of thiophene rings is 1. The summed E-state index contributed by atoms with van der Waals surface area (Å²) >= 11 is 1.79. The van der Waals surface area contributed by atoms with Gasteiger partial charge >= 0.3 is 5.97 Å². The minimum absolute atomic E-state index is 0.290. The van der Waals surface area contributed by atoms with Crippen LogP contribution in [0.1, 0.15) is 49.9 Å². The predicted molar refractivity (Wildman–Crippen MR) is 73.9 cm³/mol. The van der Waals surface area contributed by atoms with E-state index in [0.29, 0.717) is 18.5 Å². The number of hydrogen-bond donors (Lipinski definition) is 1. The highest BCUT2D eigenvalue weighted by Crippen LogP contribution is 2.32. The van der Waals surface area contributed by atoms with Crippen molar-refractivity contribution in [2.75, 3.05) is 6.54 Å². The largest absolute Gasteiger partial charge is 0.481 e. The van der Waals surface area contributed by atoms with Gasteiger partial charge in [0.25, 0.3) is 0 Å². The molecule has 1 aromatic rings. The minimum atomic E-state index is -0.677. The molecule has 18 heavy (non-hydrogen) atoms. The van der Waals surface area contributed by atoms with Crippen LogP contribution < -0.4 is 0 Å². The third-order valence-corrected chi connectivity index (χ3v) is 4.86. The molecule has 0 radical (unpaired) electrons. The molecule has 0 saturated carbocycles. The fraction of sp³-hybridized carbons (Fsp3) is 0.643. The topological polar surface area (TPSA) is 40.5 Å². The first-order valence-corrected chi connectivity index (χ1v) is 7.57. The lowest BCUT2D eigenvalue weighted by molar-refractivity contribution is -0.137. The predicted octanol–water partition coefficient (Wildman–Crippen LogP) is 3.53. The highest BCUT2D eigenvalue weighted by atomic mass is 32.1. The van der Waals surface area contributed by atoms with E-state index in [1.54, 1.807) is 11.3 Å². The lowest BCUT2D eigenvalue weighted by Gasteiger charge is -2.39.